The first-order valence-corrected chi connectivity index (χ1v) is 7.08. The Kier molecular flexibility index (Phi) is 6.46. The van der Waals surface area contributed by atoms with Crippen LogP contribution in [0.3, 0.4) is 0 Å². The summed E-state index contributed by atoms with van der Waals surface area (Å²) in [7, 11) is 0. The Hall–Kier alpha value is -1.24. The second-order valence-corrected chi connectivity index (χ2v) is 5.32. The molecule has 6 heteroatoms. The van der Waals surface area contributed by atoms with Gasteiger partial charge >= 0.3 is 0 Å². The molecule has 0 N–H and O–H groups in total. The molecule has 4 nitrogen and oxygen atoms in total. The number of aryl methyl sites for hydroxylation is 1. The van der Waals surface area contributed by atoms with E-state index in [0.717, 1.165) is 16.5 Å². The highest BCUT2D eigenvalue weighted by molar-refractivity contribution is 7.99. The van der Waals surface area contributed by atoms with E-state index in [1.165, 1.54) is 11.8 Å². The predicted molar refractivity (Wildman–Crippen MR) is 68.7 cm³/mol. The Morgan fingerprint density at radius 2 is 1.76 bits per heavy atom. The molecule has 17 heavy (non-hydrogen) atoms. The average molecular weight is 264 g/mol. The molecule has 0 fully saturated rings. The minimum Gasteiger partial charge on any atom is -0.228 e. The van der Waals surface area contributed by atoms with Crippen molar-refractivity contribution < 1.29 is 0 Å². The molecular weight excluding hydrogens is 252 g/mol. The molecule has 0 aliphatic heterocycles. The number of hydrogen-bond acceptors (Lipinski definition) is 6. The van der Waals surface area contributed by atoms with Crippen molar-refractivity contribution in [3.8, 4) is 12.1 Å². The molecule has 1 aromatic rings. The van der Waals surface area contributed by atoms with Crippen LogP contribution in [0.25, 0.3) is 0 Å². The molecular formula is C11H12N4S2. The Morgan fingerprint density at radius 3 is 2.41 bits per heavy atom. The van der Waals surface area contributed by atoms with Gasteiger partial charge in [0.1, 0.15) is 5.03 Å². The van der Waals surface area contributed by atoms with Crippen molar-refractivity contribution in [3.63, 3.8) is 0 Å². The van der Waals surface area contributed by atoms with Crippen molar-refractivity contribution >= 4 is 23.5 Å². The van der Waals surface area contributed by atoms with Gasteiger partial charge in [0, 0.05) is 30.0 Å². The summed E-state index contributed by atoms with van der Waals surface area (Å²) in [5.41, 5.74) is 0.916. The maximum absolute atomic E-state index is 8.47. The average Bonchev–Trinajstić information content (AvgIpc) is 2.29. The second kappa shape index (κ2) is 7.94. The summed E-state index contributed by atoms with van der Waals surface area (Å²) in [6.45, 7) is 1.92. The van der Waals surface area contributed by atoms with Crippen LogP contribution in [-0.2, 0) is 0 Å². The zero-order valence-corrected chi connectivity index (χ0v) is 11.1. The zero-order valence-electron chi connectivity index (χ0n) is 9.51. The highest BCUT2D eigenvalue weighted by Crippen LogP contribution is 2.21. The normalized spacial score (nSPS) is 9.59. The van der Waals surface area contributed by atoms with E-state index in [2.05, 4.69) is 22.1 Å². The van der Waals surface area contributed by atoms with Crippen molar-refractivity contribution in [1.29, 1.82) is 10.5 Å². The third-order valence-electron chi connectivity index (χ3n) is 1.72. The summed E-state index contributed by atoms with van der Waals surface area (Å²) in [6.07, 6.45) is 1.02. The largest absolute Gasteiger partial charge is 0.228 e. The molecule has 0 bridgehead atoms. The van der Waals surface area contributed by atoms with Gasteiger partial charge in [0.15, 0.2) is 5.16 Å². The molecule has 0 saturated heterocycles. The van der Waals surface area contributed by atoms with Gasteiger partial charge in [-0.05, 0) is 13.0 Å². The van der Waals surface area contributed by atoms with E-state index >= 15 is 0 Å². The lowest BCUT2D eigenvalue weighted by Gasteiger charge is -2.03. The van der Waals surface area contributed by atoms with Crippen molar-refractivity contribution in [2.45, 2.75) is 29.9 Å². The van der Waals surface area contributed by atoms with Crippen LogP contribution in [0, 0.1) is 29.6 Å². The van der Waals surface area contributed by atoms with Crippen molar-refractivity contribution in [1.82, 2.24) is 9.97 Å². The molecule has 0 aliphatic carbocycles. The van der Waals surface area contributed by atoms with Crippen LogP contribution < -0.4 is 0 Å². The number of thioether (sulfide) groups is 2. The van der Waals surface area contributed by atoms with Gasteiger partial charge in [-0.15, -0.1) is 11.8 Å². The zero-order chi connectivity index (χ0) is 12.5. The van der Waals surface area contributed by atoms with E-state index in [0.29, 0.717) is 23.8 Å². The summed E-state index contributed by atoms with van der Waals surface area (Å²) >= 11 is 3.05. The van der Waals surface area contributed by atoms with Gasteiger partial charge in [0.05, 0.1) is 12.1 Å². The van der Waals surface area contributed by atoms with Crippen LogP contribution in [0.4, 0.5) is 0 Å². The van der Waals surface area contributed by atoms with Crippen molar-refractivity contribution in [2.75, 3.05) is 11.5 Å². The summed E-state index contributed by atoms with van der Waals surface area (Å²) in [4.78, 5) is 8.67. The maximum Gasteiger partial charge on any atom is 0.188 e. The minimum absolute atomic E-state index is 0.499. The Morgan fingerprint density at radius 1 is 1.12 bits per heavy atom. The van der Waals surface area contributed by atoms with Crippen molar-refractivity contribution in [2.24, 2.45) is 0 Å². The molecule has 1 rings (SSSR count). The first-order chi connectivity index (χ1) is 8.26. The van der Waals surface area contributed by atoms with E-state index < -0.39 is 0 Å². The summed E-state index contributed by atoms with van der Waals surface area (Å²) < 4.78 is 0. The molecule has 0 aliphatic rings. The van der Waals surface area contributed by atoms with E-state index in [1.54, 1.807) is 11.8 Å². The van der Waals surface area contributed by atoms with Gasteiger partial charge in [0.2, 0.25) is 0 Å². The lowest BCUT2D eigenvalue weighted by Crippen LogP contribution is -1.93. The molecule has 1 aromatic heterocycles. The third-order valence-corrected chi connectivity index (χ3v) is 3.48. The van der Waals surface area contributed by atoms with Gasteiger partial charge in [-0.1, -0.05) is 11.8 Å². The first-order valence-electron chi connectivity index (χ1n) is 5.11. The van der Waals surface area contributed by atoms with Crippen LogP contribution in [-0.4, -0.2) is 21.5 Å². The van der Waals surface area contributed by atoms with E-state index in [4.69, 9.17) is 10.5 Å². The SMILES string of the molecule is Cc1cc(SCCC#N)nc(SCCC#N)n1. The molecule has 0 aromatic carbocycles. The number of hydrogen-bond donors (Lipinski definition) is 0. The number of aromatic nitrogens is 2. The summed E-state index contributed by atoms with van der Waals surface area (Å²) in [5.74, 6) is 1.46. The standard InChI is InChI=1S/C11H12N4S2/c1-9-8-10(16-6-2-4-12)15-11(14-9)17-7-3-5-13/h8H,2-3,6-7H2,1H3. The van der Waals surface area contributed by atoms with Gasteiger partial charge in [-0.3, -0.25) is 0 Å². The number of nitrogens with zero attached hydrogens (tertiary/aromatic N) is 4. The van der Waals surface area contributed by atoms with Gasteiger partial charge < -0.3 is 0 Å². The molecule has 0 atom stereocenters. The minimum atomic E-state index is 0.499. The molecule has 0 radical (unpaired) electrons. The maximum atomic E-state index is 8.47. The molecule has 0 saturated carbocycles. The summed E-state index contributed by atoms with van der Waals surface area (Å²) in [6, 6.07) is 6.11. The Labute approximate surface area is 109 Å². The highest BCUT2D eigenvalue weighted by atomic mass is 32.2. The summed E-state index contributed by atoms with van der Waals surface area (Å²) in [5, 5.41) is 18.5. The monoisotopic (exact) mass is 264 g/mol. The van der Waals surface area contributed by atoms with Crippen LogP contribution in [0.15, 0.2) is 16.2 Å². The molecule has 0 spiro atoms. The fraction of sp³-hybridized carbons (Fsp3) is 0.455. The quantitative estimate of drug-likeness (QED) is 0.340. The second-order valence-electron chi connectivity index (χ2n) is 3.14. The van der Waals surface area contributed by atoms with Crippen LogP contribution in [0.1, 0.15) is 18.5 Å². The van der Waals surface area contributed by atoms with Crippen LogP contribution >= 0.6 is 23.5 Å². The fourth-order valence-corrected chi connectivity index (χ4v) is 2.65. The third kappa shape index (κ3) is 5.58. The van der Waals surface area contributed by atoms with Crippen LogP contribution in [0.2, 0.25) is 0 Å². The Balaban J connectivity index is 2.60. The molecule has 0 amide bonds. The first kappa shape index (κ1) is 13.8. The number of nitriles is 2. The van der Waals surface area contributed by atoms with E-state index in [9.17, 15) is 0 Å². The fourth-order valence-electron chi connectivity index (χ4n) is 1.04. The van der Waals surface area contributed by atoms with Crippen molar-refractivity contribution in [3.05, 3.63) is 11.8 Å². The van der Waals surface area contributed by atoms with Crippen LogP contribution in [0.5, 0.6) is 0 Å². The van der Waals surface area contributed by atoms with Gasteiger partial charge in [-0.25, -0.2) is 9.97 Å². The molecule has 88 valence electrons. The molecule has 1 heterocycles. The number of rotatable bonds is 6. The predicted octanol–water partition coefficient (Wildman–Crippen LogP) is 2.80. The molecule has 0 unspecified atom stereocenters. The lowest BCUT2D eigenvalue weighted by atomic mass is 10.5. The van der Waals surface area contributed by atoms with Gasteiger partial charge in [-0.2, -0.15) is 10.5 Å². The van der Waals surface area contributed by atoms with Gasteiger partial charge in [0.25, 0.3) is 0 Å². The highest BCUT2D eigenvalue weighted by Gasteiger charge is 2.03. The van der Waals surface area contributed by atoms with E-state index in [1.807, 2.05) is 13.0 Å². The topological polar surface area (TPSA) is 73.4 Å². The Bertz CT molecular complexity index is 410. The smallest absolute Gasteiger partial charge is 0.188 e. The van der Waals surface area contributed by atoms with E-state index in [-0.39, 0.29) is 0 Å². The lowest BCUT2D eigenvalue weighted by molar-refractivity contribution is 0.863.